The SMILES string of the molecule is CN=C(NCCCCSC)NCc1ccc(OCc2ccccn2)cc1.I. The predicted octanol–water partition coefficient (Wildman–Crippen LogP) is 4.09. The van der Waals surface area contributed by atoms with Gasteiger partial charge in [-0.2, -0.15) is 11.8 Å². The molecule has 2 N–H and O–H groups in total. The maximum atomic E-state index is 5.76. The summed E-state index contributed by atoms with van der Waals surface area (Å²) in [6, 6.07) is 13.9. The number of nitrogens with zero attached hydrogens (tertiary/aromatic N) is 2. The Morgan fingerprint density at radius 3 is 2.59 bits per heavy atom. The summed E-state index contributed by atoms with van der Waals surface area (Å²) in [5, 5.41) is 6.68. The number of aromatic nitrogens is 1. The molecule has 5 nitrogen and oxygen atoms in total. The second kappa shape index (κ2) is 14.6. The maximum absolute atomic E-state index is 5.76. The molecule has 0 fully saturated rings. The van der Waals surface area contributed by atoms with Crippen molar-refractivity contribution in [3.8, 4) is 5.75 Å². The molecule has 0 amide bonds. The number of unbranched alkanes of at least 4 members (excludes halogenated alkanes) is 1. The minimum atomic E-state index is 0. The van der Waals surface area contributed by atoms with E-state index in [-0.39, 0.29) is 24.0 Å². The summed E-state index contributed by atoms with van der Waals surface area (Å²) in [6.07, 6.45) is 6.30. The zero-order chi connectivity index (χ0) is 18.5. The topological polar surface area (TPSA) is 58.5 Å². The van der Waals surface area contributed by atoms with Gasteiger partial charge in [0.25, 0.3) is 0 Å². The van der Waals surface area contributed by atoms with Gasteiger partial charge in [-0.3, -0.25) is 9.98 Å². The van der Waals surface area contributed by atoms with Gasteiger partial charge >= 0.3 is 0 Å². The summed E-state index contributed by atoms with van der Waals surface area (Å²) in [7, 11) is 1.80. The third-order valence-electron chi connectivity index (χ3n) is 3.79. The van der Waals surface area contributed by atoms with Crippen LogP contribution in [0.4, 0.5) is 0 Å². The highest BCUT2D eigenvalue weighted by Crippen LogP contribution is 2.13. The highest BCUT2D eigenvalue weighted by Gasteiger charge is 2.00. The fraction of sp³-hybridized carbons (Fsp3) is 0.400. The predicted molar refractivity (Wildman–Crippen MR) is 126 cm³/mol. The van der Waals surface area contributed by atoms with Crippen molar-refractivity contribution in [3.63, 3.8) is 0 Å². The van der Waals surface area contributed by atoms with Gasteiger partial charge in [-0.15, -0.1) is 24.0 Å². The van der Waals surface area contributed by atoms with Crippen LogP contribution in [0.2, 0.25) is 0 Å². The summed E-state index contributed by atoms with van der Waals surface area (Å²) in [4.78, 5) is 8.51. The molecule has 2 rings (SSSR count). The van der Waals surface area contributed by atoms with E-state index in [2.05, 4.69) is 39.0 Å². The van der Waals surface area contributed by atoms with Gasteiger partial charge in [0.2, 0.25) is 0 Å². The summed E-state index contributed by atoms with van der Waals surface area (Å²) in [5.74, 6) is 2.89. The number of guanidine groups is 1. The molecule has 0 aliphatic heterocycles. The number of rotatable bonds is 10. The normalized spacial score (nSPS) is 10.8. The van der Waals surface area contributed by atoms with Crippen LogP contribution in [-0.4, -0.2) is 36.5 Å². The minimum absolute atomic E-state index is 0. The molecule has 0 aliphatic carbocycles. The molecule has 1 heterocycles. The average molecular weight is 500 g/mol. The molecule has 0 unspecified atom stereocenters. The van der Waals surface area contributed by atoms with Crippen molar-refractivity contribution in [2.75, 3.05) is 25.6 Å². The highest BCUT2D eigenvalue weighted by molar-refractivity contribution is 14.0. The second-order valence-electron chi connectivity index (χ2n) is 5.81. The first-order valence-electron chi connectivity index (χ1n) is 8.87. The van der Waals surface area contributed by atoms with E-state index in [9.17, 15) is 0 Å². The van der Waals surface area contributed by atoms with Gasteiger partial charge in [0.15, 0.2) is 5.96 Å². The molecule has 1 aromatic heterocycles. The number of hydrogen-bond acceptors (Lipinski definition) is 4. The Labute approximate surface area is 183 Å². The van der Waals surface area contributed by atoms with Crippen molar-refractivity contribution in [2.45, 2.75) is 26.0 Å². The van der Waals surface area contributed by atoms with E-state index >= 15 is 0 Å². The standard InChI is InChI=1S/C20H28N4OS.HI/c1-21-20(23-13-5-6-14-26-2)24-15-17-8-10-19(11-9-17)25-16-18-7-3-4-12-22-18;/h3-4,7-12H,5-6,13-16H2,1-2H3,(H2,21,23,24);1H. The van der Waals surface area contributed by atoms with Crippen LogP contribution >= 0.6 is 35.7 Å². The van der Waals surface area contributed by atoms with Crippen molar-refractivity contribution < 1.29 is 4.74 Å². The van der Waals surface area contributed by atoms with E-state index in [1.165, 1.54) is 17.7 Å². The Morgan fingerprint density at radius 2 is 1.93 bits per heavy atom. The third-order valence-corrected chi connectivity index (χ3v) is 4.48. The van der Waals surface area contributed by atoms with E-state index in [4.69, 9.17) is 4.74 Å². The molecule has 0 aliphatic rings. The lowest BCUT2D eigenvalue weighted by Crippen LogP contribution is -2.37. The van der Waals surface area contributed by atoms with Crippen molar-refractivity contribution >= 4 is 41.7 Å². The lowest BCUT2D eigenvalue weighted by atomic mass is 10.2. The first kappa shape index (κ1) is 23.6. The molecular weight excluding hydrogens is 471 g/mol. The Morgan fingerprint density at radius 1 is 1.11 bits per heavy atom. The molecular formula is C20H29IN4OS. The molecule has 0 bridgehead atoms. The number of halogens is 1. The Hall–Kier alpha value is -1.48. The zero-order valence-corrected chi connectivity index (χ0v) is 19.1. The smallest absolute Gasteiger partial charge is 0.191 e. The number of pyridine rings is 1. The van der Waals surface area contributed by atoms with Crippen LogP contribution in [0.1, 0.15) is 24.1 Å². The van der Waals surface area contributed by atoms with Gasteiger partial charge in [-0.25, -0.2) is 0 Å². The largest absolute Gasteiger partial charge is 0.487 e. The molecule has 0 saturated carbocycles. The Balaban J connectivity index is 0.00000364. The van der Waals surface area contributed by atoms with Gasteiger partial charge in [0, 0.05) is 26.3 Å². The zero-order valence-electron chi connectivity index (χ0n) is 16.0. The fourth-order valence-corrected chi connectivity index (χ4v) is 2.82. The van der Waals surface area contributed by atoms with Crippen molar-refractivity contribution in [3.05, 3.63) is 59.9 Å². The van der Waals surface area contributed by atoms with E-state index < -0.39 is 0 Å². The molecule has 2 aromatic rings. The quantitative estimate of drug-likeness (QED) is 0.223. The van der Waals surface area contributed by atoms with Gasteiger partial charge in [-0.05, 0) is 54.7 Å². The average Bonchev–Trinajstić information content (AvgIpc) is 2.70. The molecule has 27 heavy (non-hydrogen) atoms. The molecule has 0 saturated heterocycles. The summed E-state index contributed by atoms with van der Waals surface area (Å²) < 4.78 is 5.76. The number of nitrogens with one attached hydrogen (secondary N) is 2. The van der Waals surface area contributed by atoms with Crippen LogP contribution in [0.3, 0.4) is 0 Å². The number of benzene rings is 1. The van der Waals surface area contributed by atoms with E-state index in [0.717, 1.165) is 36.9 Å². The first-order valence-corrected chi connectivity index (χ1v) is 10.3. The van der Waals surface area contributed by atoms with E-state index in [0.29, 0.717) is 6.61 Å². The first-order chi connectivity index (χ1) is 12.8. The van der Waals surface area contributed by atoms with Gasteiger partial charge in [0.05, 0.1) is 5.69 Å². The van der Waals surface area contributed by atoms with Crippen molar-refractivity contribution in [1.82, 2.24) is 15.6 Å². The molecule has 1 aromatic carbocycles. The number of hydrogen-bond donors (Lipinski definition) is 2. The Bertz CT molecular complexity index is 653. The summed E-state index contributed by atoms with van der Waals surface area (Å²) >= 11 is 1.89. The molecule has 0 radical (unpaired) electrons. The molecule has 0 spiro atoms. The third kappa shape index (κ3) is 9.86. The fourth-order valence-electron chi connectivity index (χ4n) is 2.33. The molecule has 7 heteroatoms. The van der Waals surface area contributed by atoms with Crippen LogP contribution in [0.5, 0.6) is 5.75 Å². The number of thioether (sulfide) groups is 1. The van der Waals surface area contributed by atoms with Crippen LogP contribution in [-0.2, 0) is 13.2 Å². The monoisotopic (exact) mass is 500 g/mol. The number of aliphatic imine (C=N–C) groups is 1. The Kier molecular flexibility index (Phi) is 12.7. The lowest BCUT2D eigenvalue weighted by molar-refractivity contribution is 0.301. The van der Waals surface area contributed by atoms with Gasteiger partial charge in [-0.1, -0.05) is 18.2 Å². The van der Waals surface area contributed by atoms with Crippen LogP contribution < -0.4 is 15.4 Å². The summed E-state index contributed by atoms with van der Waals surface area (Å²) in [5.41, 5.74) is 2.10. The van der Waals surface area contributed by atoms with Crippen molar-refractivity contribution in [2.24, 2.45) is 4.99 Å². The van der Waals surface area contributed by atoms with E-state index in [1.54, 1.807) is 13.2 Å². The summed E-state index contributed by atoms with van der Waals surface area (Å²) in [6.45, 7) is 2.15. The minimum Gasteiger partial charge on any atom is -0.487 e. The highest BCUT2D eigenvalue weighted by atomic mass is 127. The van der Waals surface area contributed by atoms with Gasteiger partial charge < -0.3 is 15.4 Å². The maximum Gasteiger partial charge on any atom is 0.191 e. The van der Waals surface area contributed by atoms with Gasteiger partial charge in [0.1, 0.15) is 12.4 Å². The molecule has 0 atom stereocenters. The molecule has 148 valence electrons. The van der Waals surface area contributed by atoms with E-state index in [1.807, 2.05) is 42.1 Å². The van der Waals surface area contributed by atoms with Crippen LogP contribution in [0.25, 0.3) is 0 Å². The number of ether oxygens (including phenoxy) is 1. The van der Waals surface area contributed by atoms with Crippen LogP contribution in [0.15, 0.2) is 53.7 Å². The van der Waals surface area contributed by atoms with Crippen LogP contribution in [0, 0.1) is 0 Å². The second-order valence-corrected chi connectivity index (χ2v) is 6.79. The van der Waals surface area contributed by atoms with Crippen molar-refractivity contribution in [1.29, 1.82) is 0 Å². The lowest BCUT2D eigenvalue weighted by Gasteiger charge is -2.12.